The van der Waals surface area contributed by atoms with Crippen molar-refractivity contribution < 1.29 is 14.3 Å². The number of rotatable bonds is 4. The van der Waals surface area contributed by atoms with Crippen molar-refractivity contribution in [1.29, 1.82) is 0 Å². The standard InChI is InChI=1S/C13H17NO3/c1-16-13(15)10-4-2-6-12(8-10)17-9-11-5-3-7-14-11/h2,4,6,8,11,14H,3,5,7,9H2,1H3/t11-/m0/s1. The number of hydrogen-bond acceptors (Lipinski definition) is 4. The molecule has 1 atom stereocenters. The van der Waals surface area contributed by atoms with Crippen LogP contribution in [0.25, 0.3) is 0 Å². The number of nitrogens with one attached hydrogen (secondary N) is 1. The SMILES string of the molecule is COC(=O)c1cccc(OC[C@@H]2CCCN2)c1. The van der Waals surface area contributed by atoms with Crippen LogP contribution in [0, 0.1) is 0 Å². The number of esters is 1. The molecule has 2 rings (SSSR count). The van der Waals surface area contributed by atoms with Gasteiger partial charge in [-0.3, -0.25) is 0 Å². The Bertz CT molecular complexity index is 386. The molecule has 1 aliphatic heterocycles. The van der Waals surface area contributed by atoms with E-state index in [0.29, 0.717) is 24.0 Å². The van der Waals surface area contributed by atoms with E-state index >= 15 is 0 Å². The Morgan fingerprint density at radius 3 is 3.12 bits per heavy atom. The molecule has 0 aromatic heterocycles. The molecule has 1 N–H and O–H groups in total. The summed E-state index contributed by atoms with van der Waals surface area (Å²) in [6.45, 7) is 1.71. The van der Waals surface area contributed by atoms with Crippen LogP contribution in [-0.2, 0) is 4.74 Å². The van der Waals surface area contributed by atoms with Crippen LogP contribution in [0.3, 0.4) is 0 Å². The van der Waals surface area contributed by atoms with Gasteiger partial charge in [-0.2, -0.15) is 0 Å². The molecule has 1 aliphatic rings. The largest absolute Gasteiger partial charge is 0.492 e. The second-order valence-corrected chi connectivity index (χ2v) is 4.12. The zero-order valence-electron chi connectivity index (χ0n) is 9.94. The first-order chi connectivity index (χ1) is 8.29. The maximum absolute atomic E-state index is 11.3. The lowest BCUT2D eigenvalue weighted by atomic mass is 10.2. The van der Waals surface area contributed by atoms with Gasteiger partial charge in [0.25, 0.3) is 0 Å². The van der Waals surface area contributed by atoms with E-state index in [1.54, 1.807) is 18.2 Å². The summed E-state index contributed by atoms with van der Waals surface area (Å²) in [6.07, 6.45) is 2.35. The van der Waals surface area contributed by atoms with Gasteiger partial charge in [0, 0.05) is 6.04 Å². The first kappa shape index (κ1) is 11.9. The van der Waals surface area contributed by atoms with E-state index in [4.69, 9.17) is 4.74 Å². The molecule has 17 heavy (non-hydrogen) atoms. The summed E-state index contributed by atoms with van der Waals surface area (Å²) >= 11 is 0. The maximum atomic E-state index is 11.3. The van der Waals surface area contributed by atoms with Gasteiger partial charge in [0.05, 0.1) is 12.7 Å². The van der Waals surface area contributed by atoms with Crippen molar-refractivity contribution in [3.8, 4) is 5.75 Å². The predicted octanol–water partition coefficient (Wildman–Crippen LogP) is 1.60. The summed E-state index contributed by atoms with van der Waals surface area (Å²) in [7, 11) is 1.37. The minimum absolute atomic E-state index is 0.338. The van der Waals surface area contributed by atoms with Crippen molar-refractivity contribution in [2.45, 2.75) is 18.9 Å². The lowest BCUT2D eigenvalue weighted by Gasteiger charge is -2.12. The normalized spacial score (nSPS) is 19.0. The van der Waals surface area contributed by atoms with Gasteiger partial charge in [0.15, 0.2) is 0 Å². The van der Waals surface area contributed by atoms with Crippen LogP contribution in [0.4, 0.5) is 0 Å². The Labute approximate surface area is 101 Å². The zero-order valence-corrected chi connectivity index (χ0v) is 9.94. The van der Waals surface area contributed by atoms with Crippen molar-refractivity contribution in [3.05, 3.63) is 29.8 Å². The van der Waals surface area contributed by atoms with Crippen LogP contribution in [0.2, 0.25) is 0 Å². The van der Waals surface area contributed by atoms with Gasteiger partial charge in [-0.1, -0.05) is 6.07 Å². The number of hydrogen-bond donors (Lipinski definition) is 1. The second-order valence-electron chi connectivity index (χ2n) is 4.12. The molecular weight excluding hydrogens is 218 g/mol. The molecule has 1 aromatic carbocycles. The molecule has 0 radical (unpaired) electrons. The van der Waals surface area contributed by atoms with Gasteiger partial charge in [-0.25, -0.2) is 4.79 Å². The van der Waals surface area contributed by atoms with Crippen LogP contribution < -0.4 is 10.1 Å². The molecular formula is C13H17NO3. The quantitative estimate of drug-likeness (QED) is 0.805. The van der Waals surface area contributed by atoms with Crippen molar-refractivity contribution in [2.75, 3.05) is 20.3 Å². The third kappa shape index (κ3) is 3.20. The second kappa shape index (κ2) is 5.68. The van der Waals surface area contributed by atoms with E-state index in [1.165, 1.54) is 13.5 Å². The highest BCUT2D eigenvalue weighted by atomic mass is 16.5. The molecule has 0 aliphatic carbocycles. The van der Waals surface area contributed by atoms with Crippen LogP contribution in [-0.4, -0.2) is 32.3 Å². The topological polar surface area (TPSA) is 47.6 Å². The molecule has 1 saturated heterocycles. The summed E-state index contributed by atoms with van der Waals surface area (Å²) in [4.78, 5) is 11.3. The summed E-state index contributed by atoms with van der Waals surface area (Å²) in [6, 6.07) is 7.50. The van der Waals surface area contributed by atoms with E-state index in [9.17, 15) is 4.79 Å². The molecule has 1 aromatic rings. The van der Waals surface area contributed by atoms with Crippen LogP contribution in [0.1, 0.15) is 23.2 Å². The third-order valence-corrected chi connectivity index (χ3v) is 2.87. The van der Waals surface area contributed by atoms with Crippen molar-refractivity contribution in [1.82, 2.24) is 5.32 Å². The van der Waals surface area contributed by atoms with E-state index in [0.717, 1.165) is 13.0 Å². The van der Waals surface area contributed by atoms with E-state index in [1.807, 2.05) is 6.07 Å². The lowest BCUT2D eigenvalue weighted by molar-refractivity contribution is 0.0600. The molecule has 0 spiro atoms. The van der Waals surface area contributed by atoms with Crippen molar-refractivity contribution in [3.63, 3.8) is 0 Å². The minimum atomic E-state index is -0.338. The van der Waals surface area contributed by atoms with Gasteiger partial charge < -0.3 is 14.8 Å². The summed E-state index contributed by atoms with van der Waals surface area (Å²) in [5, 5.41) is 3.36. The molecule has 0 amide bonds. The maximum Gasteiger partial charge on any atom is 0.337 e. The first-order valence-electron chi connectivity index (χ1n) is 5.84. The zero-order chi connectivity index (χ0) is 12.1. The molecule has 0 bridgehead atoms. The van der Waals surface area contributed by atoms with E-state index < -0.39 is 0 Å². The highest BCUT2D eigenvalue weighted by Crippen LogP contribution is 2.15. The van der Waals surface area contributed by atoms with E-state index in [2.05, 4.69) is 10.1 Å². The fourth-order valence-corrected chi connectivity index (χ4v) is 1.93. The molecule has 4 nitrogen and oxygen atoms in total. The molecule has 1 heterocycles. The van der Waals surface area contributed by atoms with Crippen molar-refractivity contribution in [2.24, 2.45) is 0 Å². The predicted molar refractivity (Wildman–Crippen MR) is 64.3 cm³/mol. The fraction of sp³-hybridized carbons (Fsp3) is 0.462. The average Bonchev–Trinajstić information content (AvgIpc) is 2.89. The number of carbonyl (C=O) groups is 1. The lowest BCUT2D eigenvalue weighted by Crippen LogP contribution is -2.28. The summed E-state index contributed by atoms with van der Waals surface area (Å²) in [5.74, 6) is 0.371. The number of methoxy groups -OCH3 is 1. The van der Waals surface area contributed by atoms with Gasteiger partial charge in [-0.05, 0) is 37.6 Å². The average molecular weight is 235 g/mol. The Balaban J connectivity index is 1.93. The van der Waals surface area contributed by atoms with Crippen LogP contribution >= 0.6 is 0 Å². The first-order valence-corrected chi connectivity index (χ1v) is 5.84. The summed E-state index contributed by atoms with van der Waals surface area (Å²) in [5.41, 5.74) is 0.518. The van der Waals surface area contributed by atoms with Gasteiger partial charge in [0.2, 0.25) is 0 Å². The molecule has 4 heteroatoms. The Morgan fingerprint density at radius 1 is 1.53 bits per heavy atom. The monoisotopic (exact) mass is 235 g/mol. The minimum Gasteiger partial charge on any atom is -0.492 e. The highest BCUT2D eigenvalue weighted by molar-refractivity contribution is 5.89. The Hall–Kier alpha value is -1.55. The Morgan fingerprint density at radius 2 is 2.41 bits per heavy atom. The number of benzene rings is 1. The number of ether oxygens (including phenoxy) is 2. The Kier molecular flexibility index (Phi) is 3.98. The molecule has 92 valence electrons. The smallest absolute Gasteiger partial charge is 0.337 e. The van der Waals surface area contributed by atoms with Crippen molar-refractivity contribution >= 4 is 5.97 Å². The van der Waals surface area contributed by atoms with Crippen LogP contribution in [0.15, 0.2) is 24.3 Å². The van der Waals surface area contributed by atoms with Gasteiger partial charge >= 0.3 is 5.97 Å². The third-order valence-electron chi connectivity index (χ3n) is 2.87. The summed E-state index contributed by atoms with van der Waals surface area (Å²) < 4.78 is 10.3. The molecule has 0 saturated carbocycles. The number of carbonyl (C=O) groups excluding carboxylic acids is 1. The van der Waals surface area contributed by atoms with Crippen LogP contribution in [0.5, 0.6) is 5.75 Å². The molecule has 1 fully saturated rings. The fourth-order valence-electron chi connectivity index (χ4n) is 1.93. The van der Waals surface area contributed by atoms with Gasteiger partial charge in [-0.15, -0.1) is 0 Å². The highest BCUT2D eigenvalue weighted by Gasteiger charge is 2.14. The molecule has 0 unspecified atom stereocenters. The van der Waals surface area contributed by atoms with Gasteiger partial charge in [0.1, 0.15) is 12.4 Å². The van der Waals surface area contributed by atoms with E-state index in [-0.39, 0.29) is 5.97 Å².